The number of benzene rings is 1. The first-order valence-corrected chi connectivity index (χ1v) is 4.90. The Hall–Kier alpha value is -1.03. The van der Waals surface area contributed by atoms with Gasteiger partial charge in [0.1, 0.15) is 6.29 Å². The van der Waals surface area contributed by atoms with Crippen LogP contribution in [0, 0.1) is 0 Å². The van der Waals surface area contributed by atoms with Crippen LogP contribution in [0.3, 0.4) is 0 Å². The van der Waals surface area contributed by atoms with Gasteiger partial charge in [0, 0.05) is 5.41 Å². The maximum Gasteiger partial charge on any atom is 0.417 e. The van der Waals surface area contributed by atoms with Gasteiger partial charge in [-0.15, -0.1) is 0 Å². The second kappa shape index (κ2) is 4.09. The normalized spacial score (nSPS) is 12.6. The lowest BCUT2D eigenvalue weighted by Crippen LogP contribution is -2.19. The van der Waals surface area contributed by atoms with Crippen molar-refractivity contribution in [2.75, 3.05) is 0 Å². The minimum atomic E-state index is -4.47. The number of alkyl halides is 3. The van der Waals surface area contributed by atoms with E-state index in [0.29, 0.717) is 11.8 Å². The number of halogens is 4. The smallest absolute Gasteiger partial charge is 0.302 e. The summed E-state index contributed by atoms with van der Waals surface area (Å²) >= 11 is 5.54. The van der Waals surface area contributed by atoms with Crippen LogP contribution in [-0.4, -0.2) is 6.29 Å². The Labute approximate surface area is 96.2 Å². The van der Waals surface area contributed by atoms with E-state index >= 15 is 0 Å². The minimum absolute atomic E-state index is 0.389. The van der Waals surface area contributed by atoms with Crippen LogP contribution in [0.1, 0.15) is 25.0 Å². The zero-order chi connectivity index (χ0) is 12.6. The molecular weight excluding hydrogens is 241 g/mol. The summed E-state index contributed by atoms with van der Waals surface area (Å²) in [5, 5.41) is -0.389. The van der Waals surface area contributed by atoms with Crippen molar-refractivity contribution in [1.29, 1.82) is 0 Å². The van der Waals surface area contributed by atoms with Crippen LogP contribution in [0.2, 0.25) is 5.02 Å². The summed E-state index contributed by atoms with van der Waals surface area (Å²) in [6.45, 7) is 3.22. The highest BCUT2D eigenvalue weighted by Gasteiger charge is 2.34. The van der Waals surface area contributed by atoms with Gasteiger partial charge in [-0.3, -0.25) is 0 Å². The molecule has 0 aliphatic carbocycles. The average Bonchev–Trinajstić information content (AvgIpc) is 2.15. The Morgan fingerprint density at radius 1 is 1.25 bits per heavy atom. The molecule has 0 aliphatic heterocycles. The Balaban J connectivity index is 3.25. The van der Waals surface area contributed by atoms with E-state index in [2.05, 4.69) is 0 Å². The predicted octanol–water partition coefficient (Wildman–Crippen LogP) is 3.84. The van der Waals surface area contributed by atoms with Crippen LogP contribution >= 0.6 is 11.6 Å². The van der Waals surface area contributed by atoms with Crippen LogP contribution in [0.5, 0.6) is 0 Å². The van der Waals surface area contributed by atoms with E-state index in [9.17, 15) is 18.0 Å². The molecule has 0 saturated heterocycles. The first-order valence-electron chi connectivity index (χ1n) is 4.52. The number of hydrogen-bond acceptors (Lipinski definition) is 1. The fourth-order valence-electron chi connectivity index (χ4n) is 1.21. The number of rotatable bonds is 2. The molecule has 0 aliphatic rings. The van der Waals surface area contributed by atoms with Crippen molar-refractivity contribution in [2.45, 2.75) is 25.4 Å². The zero-order valence-corrected chi connectivity index (χ0v) is 9.49. The van der Waals surface area contributed by atoms with Crippen molar-refractivity contribution in [2.24, 2.45) is 0 Å². The molecule has 1 rings (SSSR count). The van der Waals surface area contributed by atoms with Crippen LogP contribution in [0.15, 0.2) is 18.2 Å². The van der Waals surface area contributed by atoms with E-state index < -0.39 is 17.2 Å². The lowest BCUT2D eigenvalue weighted by molar-refractivity contribution is -0.137. The fourth-order valence-corrected chi connectivity index (χ4v) is 1.50. The van der Waals surface area contributed by atoms with E-state index in [1.54, 1.807) is 13.8 Å². The monoisotopic (exact) mass is 250 g/mol. The molecule has 0 bridgehead atoms. The number of carbonyl (C=O) groups excluding carboxylic acids is 1. The highest BCUT2D eigenvalue weighted by molar-refractivity contribution is 6.31. The van der Waals surface area contributed by atoms with Gasteiger partial charge in [0.2, 0.25) is 0 Å². The third-order valence-corrected chi connectivity index (χ3v) is 2.63. The van der Waals surface area contributed by atoms with Gasteiger partial charge in [-0.25, -0.2) is 0 Å². The topological polar surface area (TPSA) is 17.1 Å². The standard InChI is InChI=1S/C11H10ClF3O/c1-10(2,6-16)7-3-4-8(9(12)5-7)11(13,14)15/h3-6H,1-2H3. The van der Waals surface area contributed by atoms with Crippen LogP contribution in [0.4, 0.5) is 13.2 Å². The third kappa shape index (κ3) is 2.55. The maximum absolute atomic E-state index is 12.4. The highest BCUT2D eigenvalue weighted by atomic mass is 35.5. The van der Waals surface area contributed by atoms with Gasteiger partial charge in [0.05, 0.1) is 10.6 Å². The lowest BCUT2D eigenvalue weighted by atomic mass is 9.86. The molecule has 0 spiro atoms. The van der Waals surface area contributed by atoms with Gasteiger partial charge in [-0.1, -0.05) is 17.7 Å². The maximum atomic E-state index is 12.4. The van der Waals surface area contributed by atoms with Crippen LogP contribution < -0.4 is 0 Å². The number of aldehydes is 1. The second-order valence-corrected chi connectivity index (χ2v) is 4.44. The molecule has 0 radical (unpaired) electrons. The molecule has 88 valence electrons. The molecule has 16 heavy (non-hydrogen) atoms. The predicted molar refractivity (Wildman–Crippen MR) is 55.5 cm³/mol. The van der Waals surface area contributed by atoms with Gasteiger partial charge in [0.25, 0.3) is 0 Å². The molecule has 0 saturated carbocycles. The van der Waals surface area contributed by atoms with E-state index in [-0.39, 0.29) is 5.02 Å². The van der Waals surface area contributed by atoms with Crippen molar-refractivity contribution >= 4 is 17.9 Å². The summed E-state index contributed by atoms with van der Waals surface area (Å²) in [4.78, 5) is 10.8. The molecule has 0 N–H and O–H groups in total. The summed E-state index contributed by atoms with van der Waals surface area (Å²) in [7, 11) is 0. The quantitative estimate of drug-likeness (QED) is 0.729. The van der Waals surface area contributed by atoms with Crippen molar-refractivity contribution in [3.8, 4) is 0 Å². The first kappa shape index (κ1) is 13.0. The van der Waals surface area contributed by atoms with E-state index in [1.165, 1.54) is 12.1 Å². The Morgan fingerprint density at radius 3 is 2.19 bits per heavy atom. The molecule has 5 heteroatoms. The number of carbonyl (C=O) groups is 1. The van der Waals surface area contributed by atoms with Gasteiger partial charge in [-0.2, -0.15) is 13.2 Å². The molecule has 0 aromatic heterocycles. The average molecular weight is 251 g/mol. The Morgan fingerprint density at radius 2 is 1.81 bits per heavy atom. The third-order valence-electron chi connectivity index (χ3n) is 2.31. The Kier molecular flexibility index (Phi) is 3.33. The molecule has 1 aromatic rings. The lowest BCUT2D eigenvalue weighted by Gasteiger charge is -2.19. The molecule has 1 nitrogen and oxygen atoms in total. The minimum Gasteiger partial charge on any atom is -0.302 e. The summed E-state index contributed by atoms with van der Waals surface area (Å²) in [6, 6.07) is 3.34. The van der Waals surface area contributed by atoms with Gasteiger partial charge in [-0.05, 0) is 31.5 Å². The summed E-state index contributed by atoms with van der Waals surface area (Å²) < 4.78 is 37.2. The number of hydrogen-bond donors (Lipinski definition) is 0. The fraction of sp³-hybridized carbons (Fsp3) is 0.364. The van der Waals surface area contributed by atoms with Crippen LogP contribution in [0.25, 0.3) is 0 Å². The van der Waals surface area contributed by atoms with Crippen molar-refractivity contribution in [3.05, 3.63) is 34.3 Å². The highest BCUT2D eigenvalue weighted by Crippen LogP contribution is 2.36. The molecule has 0 atom stereocenters. The van der Waals surface area contributed by atoms with Crippen LogP contribution in [-0.2, 0) is 16.4 Å². The summed E-state index contributed by atoms with van der Waals surface area (Å²) in [5.41, 5.74) is -1.27. The van der Waals surface area contributed by atoms with Gasteiger partial charge >= 0.3 is 6.18 Å². The van der Waals surface area contributed by atoms with E-state index in [4.69, 9.17) is 11.6 Å². The zero-order valence-electron chi connectivity index (χ0n) is 8.73. The molecular formula is C11H10ClF3O. The first-order chi connectivity index (χ1) is 7.18. The van der Waals surface area contributed by atoms with Gasteiger partial charge in [0.15, 0.2) is 0 Å². The molecule has 0 fully saturated rings. The Bertz CT molecular complexity index is 410. The van der Waals surface area contributed by atoms with E-state index in [1.807, 2.05) is 0 Å². The largest absolute Gasteiger partial charge is 0.417 e. The SMILES string of the molecule is CC(C)(C=O)c1ccc(C(F)(F)F)c(Cl)c1. The van der Waals surface area contributed by atoms with Crippen molar-refractivity contribution in [3.63, 3.8) is 0 Å². The summed E-state index contributed by atoms with van der Waals surface area (Å²) in [5.74, 6) is 0. The van der Waals surface area contributed by atoms with E-state index in [0.717, 1.165) is 6.07 Å². The summed E-state index contributed by atoms with van der Waals surface area (Å²) in [6.07, 6.45) is -3.80. The van der Waals surface area contributed by atoms with Gasteiger partial charge < -0.3 is 4.79 Å². The van der Waals surface area contributed by atoms with Crippen molar-refractivity contribution in [1.82, 2.24) is 0 Å². The second-order valence-electron chi connectivity index (χ2n) is 4.03. The van der Waals surface area contributed by atoms with Crippen molar-refractivity contribution < 1.29 is 18.0 Å². The molecule has 0 heterocycles. The molecule has 1 aromatic carbocycles. The molecule has 0 amide bonds. The molecule has 0 unspecified atom stereocenters.